The topological polar surface area (TPSA) is 66.5 Å². The van der Waals surface area contributed by atoms with Crippen LogP contribution < -0.4 is 9.62 Å². The van der Waals surface area contributed by atoms with Crippen LogP contribution in [-0.4, -0.2) is 21.4 Å². The number of hydrogen-bond acceptors (Lipinski definition) is 4. The van der Waals surface area contributed by atoms with E-state index in [4.69, 9.17) is 0 Å². The van der Waals surface area contributed by atoms with E-state index in [1.54, 1.807) is 35.7 Å². The first-order valence-electron chi connectivity index (χ1n) is 8.31. The number of carbonyl (C=O) groups excluding carboxylic acids is 1. The van der Waals surface area contributed by atoms with E-state index in [1.807, 2.05) is 32.0 Å². The Morgan fingerprint density at radius 3 is 2.37 bits per heavy atom. The van der Waals surface area contributed by atoms with Crippen LogP contribution in [0.2, 0.25) is 0 Å². The van der Waals surface area contributed by atoms with E-state index >= 15 is 0 Å². The Hall–Kier alpha value is -2.64. The number of sulfonamides is 1. The van der Waals surface area contributed by atoms with E-state index in [0.29, 0.717) is 11.4 Å². The van der Waals surface area contributed by atoms with Crippen molar-refractivity contribution in [2.75, 3.05) is 16.7 Å². The van der Waals surface area contributed by atoms with Gasteiger partial charge in [0.25, 0.3) is 15.9 Å². The predicted octanol–water partition coefficient (Wildman–Crippen LogP) is 4.44. The lowest BCUT2D eigenvalue weighted by Gasteiger charge is -2.19. The molecule has 5 nitrogen and oxygen atoms in total. The largest absolute Gasteiger partial charge is 0.321 e. The molecule has 1 aromatic heterocycles. The zero-order valence-corrected chi connectivity index (χ0v) is 16.9. The fraction of sp³-hybridized carbons (Fsp3) is 0.150. The number of nitrogens with zero attached hydrogens (tertiary/aromatic N) is 1. The van der Waals surface area contributed by atoms with Crippen molar-refractivity contribution in [1.82, 2.24) is 0 Å². The smallest absolute Gasteiger partial charge is 0.267 e. The van der Waals surface area contributed by atoms with Crippen LogP contribution in [0.25, 0.3) is 0 Å². The summed E-state index contributed by atoms with van der Waals surface area (Å²) in [6.45, 7) is 3.95. The van der Waals surface area contributed by atoms with Gasteiger partial charge >= 0.3 is 0 Å². The van der Waals surface area contributed by atoms with Crippen molar-refractivity contribution in [3.63, 3.8) is 0 Å². The van der Waals surface area contributed by atoms with E-state index in [1.165, 1.54) is 17.4 Å². The van der Waals surface area contributed by atoms with E-state index in [-0.39, 0.29) is 9.77 Å². The van der Waals surface area contributed by atoms with Gasteiger partial charge in [0.05, 0.1) is 5.69 Å². The van der Waals surface area contributed by atoms with Crippen LogP contribution in [-0.2, 0) is 10.0 Å². The van der Waals surface area contributed by atoms with E-state index < -0.39 is 15.9 Å². The van der Waals surface area contributed by atoms with Crippen LogP contribution in [0.3, 0.4) is 0 Å². The van der Waals surface area contributed by atoms with Crippen molar-refractivity contribution >= 4 is 38.6 Å². The number of amides is 1. The fourth-order valence-corrected chi connectivity index (χ4v) is 5.09. The van der Waals surface area contributed by atoms with Gasteiger partial charge in [0.1, 0.15) is 9.77 Å². The molecule has 0 bridgehead atoms. The number of thiophene rings is 1. The van der Waals surface area contributed by atoms with Crippen molar-refractivity contribution in [1.29, 1.82) is 0 Å². The average Bonchev–Trinajstić information content (AvgIpc) is 3.16. The molecular weight excluding hydrogens is 380 g/mol. The molecule has 0 aliphatic rings. The van der Waals surface area contributed by atoms with E-state index in [2.05, 4.69) is 5.32 Å². The molecule has 0 fully saturated rings. The van der Waals surface area contributed by atoms with Crippen molar-refractivity contribution in [3.05, 3.63) is 76.0 Å². The summed E-state index contributed by atoms with van der Waals surface area (Å²) in [7, 11) is -2.37. The molecule has 7 heteroatoms. The molecule has 3 aromatic rings. The number of hydrogen-bond donors (Lipinski definition) is 1. The van der Waals surface area contributed by atoms with Gasteiger partial charge < -0.3 is 5.32 Å². The van der Waals surface area contributed by atoms with Gasteiger partial charge in [-0.25, -0.2) is 8.42 Å². The first-order chi connectivity index (χ1) is 12.8. The molecular formula is C20H20N2O3S2. The molecule has 0 radical (unpaired) electrons. The summed E-state index contributed by atoms with van der Waals surface area (Å²) < 4.78 is 27.2. The van der Waals surface area contributed by atoms with Crippen LogP contribution in [0.4, 0.5) is 11.4 Å². The van der Waals surface area contributed by atoms with Gasteiger partial charge in [-0.3, -0.25) is 9.10 Å². The van der Waals surface area contributed by atoms with Crippen LogP contribution in [0.5, 0.6) is 0 Å². The number of rotatable bonds is 5. The minimum atomic E-state index is -3.85. The normalized spacial score (nSPS) is 11.2. The van der Waals surface area contributed by atoms with Crippen LogP contribution in [0.15, 0.2) is 64.9 Å². The van der Waals surface area contributed by atoms with Crippen LogP contribution in [0, 0.1) is 13.8 Å². The maximum absolute atomic E-state index is 13.0. The minimum Gasteiger partial charge on any atom is -0.321 e. The van der Waals surface area contributed by atoms with Gasteiger partial charge in [0.2, 0.25) is 0 Å². The van der Waals surface area contributed by atoms with Crippen LogP contribution in [0.1, 0.15) is 20.8 Å². The highest BCUT2D eigenvalue weighted by atomic mass is 32.2. The Morgan fingerprint density at radius 1 is 1.00 bits per heavy atom. The first-order valence-corrected chi connectivity index (χ1v) is 10.6. The van der Waals surface area contributed by atoms with Gasteiger partial charge in [-0.1, -0.05) is 24.3 Å². The molecule has 2 aromatic carbocycles. The lowest BCUT2D eigenvalue weighted by Crippen LogP contribution is -2.28. The van der Waals surface area contributed by atoms with Crippen molar-refractivity contribution < 1.29 is 13.2 Å². The highest BCUT2D eigenvalue weighted by Crippen LogP contribution is 2.28. The zero-order chi connectivity index (χ0) is 19.6. The Labute approximate surface area is 163 Å². The fourth-order valence-electron chi connectivity index (χ4n) is 2.60. The quantitative estimate of drug-likeness (QED) is 0.688. The summed E-state index contributed by atoms with van der Waals surface area (Å²) >= 11 is 1.11. The SMILES string of the molecule is Cc1ccc(NC(=O)c2sccc2S(=O)(=O)N(C)c2ccccc2)cc1C. The Balaban J connectivity index is 1.90. The summed E-state index contributed by atoms with van der Waals surface area (Å²) in [6.07, 6.45) is 0. The standard InChI is InChI=1S/C20H20N2O3S2/c1-14-9-10-16(13-15(14)2)21-20(23)19-18(11-12-26-19)27(24,25)22(3)17-7-5-4-6-8-17/h4-13H,1-3H3,(H,21,23). The van der Waals surface area contributed by atoms with Crippen molar-refractivity contribution in [2.45, 2.75) is 18.7 Å². The maximum Gasteiger partial charge on any atom is 0.267 e. The molecule has 0 atom stereocenters. The molecule has 1 heterocycles. The molecule has 1 amide bonds. The summed E-state index contributed by atoms with van der Waals surface area (Å²) in [5, 5.41) is 4.40. The third kappa shape index (κ3) is 3.89. The number of nitrogens with one attached hydrogen (secondary N) is 1. The van der Waals surface area contributed by atoms with Crippen molar-refractivity contribution in [2.24, 2.45) is 0 Å². The van der Waals surface area contributed by atoms with E-state index in [9.17, 15) is 13.2 Å². The number of aryl methyl sites for hydroxylation is 2. The lowest BCUT2D eigenvalue weighted by molar-refractivity contribution is 0.102. The molecule has 1 N–H and O–H groups in total. The number of benzene rings is 2. The molecule has 0 unspecified atom stereocenters. The summed E-state index contributed by atoms with van der Waals surface area (Å²) in [4.78, 5) is 12.9. The van der Waals surface area contributed by atoms with Gasteiger partial charge in [-0.2, -0.15) is 0 Å². The minimum absolute atomic E-state index is 0.000173. The summed E-state index contributed by atoms with van der Waals surface area (Å²) in [5.74, 6) is -0.437. The third-order valence-electron chi connectivity index (χ3n) is 4.36. The predicted molar refractivity (Wildman–Crippen MR) is 110 cm³/mol. The second kappa shape index (κ2) is 7.54. The molecule has 140 valence electrons. The first kappa shape index (κ1) is 19.1. The molecule has 0 spiro atoms. The Kier molecular flexibility index (Phi) is 5.34. The monoisotopic (exact) mass is 400 g/mol. The summed E-state index contributed by atoms with van der Waals surface area (Å²) in [6, 6.07) is 15.8. The molecule has 0 saturated carbocycles. The highest BCUT2D eigenvalue weighted by molar-refractivity contribution is 7.93. The molecule has 0 aliphatic heterocycles. The second-order valence-corrected chi connectivity index (χ2v) is 9.03. The number of carbonyl (C=O) groups is 1. The molecule has 0 aliphatic carbocycles. The Morgan fingerprint density at radius 2 is 1.70 bits per heavy atom. The van der Waals surface area contributed by atoms with Crippen molar-refractivity contribution in [3.8, 4) is 0 Å². The van der Waals surface area contributed by atoms with Gasteiger partial charge in [0, 0.05) is 12.7 Å². The van der Waals surface area contributed by atoms with Gasteiger partial charge in [0.15, 0.2) is 0 Å². The van der Waals surface area contributed by atoms with Gasteiger partial charge in [-0.15, -0.1) is 11.3 Å². The molecule has 27 heavy (non-hydrogen) atoms. The molecule has 3 rings (SSSR count). The Bertz CT molecular complexity index is 1070. The number of para-hydroxylation sites is 1. The second-order valence-electron chi connectivity index (χ2n) is 6.18. The third-order valence-corrected chi connectivity index (χ3v) is 7.23. The van der Waals surface area contributed by atoms with Crippen LogP contribution >= 0.6 is 11.3 Å². The lowest BCUT2D eigenvalue weighted by atomic mass is 10.1. The average molecular weight is 401 g/mol. The highest BCUT2D eigenvalue weighted by Gasteiger charge is 2.28. The molecule has 0 saturated heterocycles. The maximum atomic E-state index is 13.0. The van der Waals surface area contributed by atoms with Gasteiger partial charge in [-0.05, 0) is 60.7 Å². The van der Waals surface area contributed by atoms with E-state index in [0.717, 1.165) is 22.5 Å². The summed E-state index contributed by atoms with van der Waals surface area (Å²) in [5.41, 5.74) is 3.34. The number of anilines is 2. The zero-order valence-electron chi connectivity index (χ0n) is 15.3.